The molecule has 1 N–H and O–H groups in total. The van der Waals surface area contributed by atoms with E-state index in [2.05, 4.69) is 5.32 Å². The van der Waals surface area contributed by atoms with Crippen molar-refractivity contribution in [3.63, 3.8) is 0 Å². The van der Waals surface area contributed by atoms with Gasteiger partial charge in [0.1, 0.15) is 5.75 Å². The van der Waals surface area contributed by atoms with Gasteiger partial charge in [-0.25, -0.2) is 8.42 Å². The van der Waals surface area contributed by atoms with E-state index in [1.807, 2.05) is 0 Å². The van der Waals surface area contributed by atoms with E-state index in [0.717, 1.165) is 5.56 Å². The van der Waals surface area contributed by atoms with Gasteiger partial charge in [-0.05, 0) is 55.7 Å². The van der Waals surface area contributed by atoms with Crippen LogP contribution in [0, 0.1) is 6.92 Å². The molecular formula is C20H21Cl2NO4S. The maximum Gasteiger partial charge on any atom is 0.246 e. The number of benzene rings is 2. The summed E-state index contributed by atoms with van der Waals surface area (Å²) in [4.78, 5) is 13.4. The molecule has 0 aliphatic heterocycles. The molecule has 2 aromatic carbocycles. The summed E-state index contributed by atoms with van der Waals surface area (Å²) < 4.78 is 30.6. The van der Waals surface area contributed by atoms with Crippen LogP contribution in [-0.2, 0) is 14.6 Å². The summed E-state index contributed by atoms with van der Waals surface area (Å²) in [5.74, 6) is -0.180. The topological polar surface area (TPSA) is 72.5 Å². The molecule has 150 valence electrons. The number of halogens is 2. The number of carbonyl (C=O) groups is 1. The lowest BCUT2D eigenvalue weighted by Gasteiger charge is -2.28. The molecule has 1 aliphatic carbocycles. The van der Waals surface area contributed by atoms with E-state index < -0.39 is 20.5 Å². The molecule has 8 heteroatoms. The molecule has 2 aromatic rings. The summed E-state index contributed by atoms with van der Waals surface area (Å²) in [5, 5.41) is 3.71. The number of rotatable bonds is 5. The maximum atomic E-state index is 13.4. The number of aryl methyl sites for hydroxylation is 1. The Morgan fingerprint density at radius 1 is 1.11 bits per heavy atom. The lowest BCUT2D eigenvalue weighted by Crippen LogP contribution is -2.47. The first-order chi connectivity index (χ1) is 13.2. The molecule has 1 amide bonds. The molecule has 0 aromatic heterocycles. The summed E-state index contributed by atoms with van der Waals surface area (Å²) >= 11 is 12.0. The molecule has 0 heterocycles. The fraction of sp³-hybridized carbons (Fsp3) is 0.350. The van der Waals surface area contributed by atoms with Crippen LogP contribution < -0.4 is 10.1 Å². The van der Waals surface area contributed by atoms with Crippen molar-refractivity contribution in [3.05, 3.63) is 52.0 Å². The normalized spacial score (nSPS) is 16.0. The minimum absolute atomic E-state index is 0.0909. The third-order valence-electron chi connectivity index (χ3n) is 5.19. The van der Waals surface area contributed by atoms with E-state index in [1.165, 1.54) is 31.4 Å². The molecule has 0 bridgehead atoms. The summed E-state index contributed by atoms with van der Waals surface area (Å²) in [6.07, 6.45) is 1.85. The molecule has 0 unspecified atom stereocenters. The van der Waals surface area contributed by atoms with Gasteiger partial charge < -0.3 is 10.1 Å². The van der Waals surface area contributed by atoms with Gasteiger partial charge in [-0.15, -0.1) is 0 Å². The number of methoxy groups -OCH3 is 1. The molecular weight excluding hydrogens is 421 g/mol. The average molecular weight is 442 g/mol. The minimum atomic E-state index is -3.91. The number of ether oxygens (including phenoxy) is 1. The molecule has 5 nitrogen and oxygen atoms in total. The van der Waals surface area contributed by atoms with Gasteiger partial charge >= 0.3 is 0 Å². The number of hydrogen-bond donors (Lipinski definition) is 1. The van der Waals surface area contributed by atoms with Crippen molar-refractivity contribution in [2.45, 2.75) is 42.2 Å². The number of amides is 1. The van der Waals surface area contributed by atoms with Crippen molar-refractivity contribution in [3.8, 4) is 5.75 Å². The van der Waals surface area contributed by atoms with Crippen LogP contribution in [0.1, 0.15) is 31.2 Å². The molecule has 0 saturated heterocycles. The van der Waals surface area contributed by atoms with Crippen molar-refractivity contribution in [2.24, 2.45) is 0 Å². The highest BCUT2D eigenvalue weighted by Crippen LogP contribution is 2.42. The molecule has 1 fully saturated rings. The van der Waals surface area contributed by atoms with Gasteiger partial charge in [0, 0.05) is 16.1 Å². The first kappa shape index (κ1) is 21.0. The van der Waals surface area contributed by atoms with E-state index in [0.29, 0.717) is 34.3 Å². The third kappa shape index (κ3) is 3.61. The Labute approximate surface area is 174 Å². The Hall–Kier alpha value is -1.76. The molecule has 28 heavy (non-hydrogen) atoms. The Balaban J connectivity index is 2.02. The van der Waals surface area contributed by atoms with E-state index >= 15 is 0 Å². The highest BCUT2D eigenvalue weighted by Gasteiger charge is 2.53. The Bertz CT molecular complexity index is 998. The first-order valence-electron chi connectivity index (χ1n) is 8.87. The number of hydrogen-bond acceptors (Lipinski definition) is 4. The van der Waals surface area contributed by atoms with Gasteiger partial charge in [0.2, 0.25) is 5.91 Å². The maximum absolute atomic E-state index is 13.4. The second-order valence-electron chi connectivity index (χ2n) is 6.91. The lowest BCUT2D eigenvalue weighted by atomic mass is 10.1. The second-order valence-corrected chi connectivity index (χ2v) is 10.0. The zero-order chi connectivity index (χ0) is 20.5. The minimum Gasteiger partial charge on any atom is -0.495 e. The molecule has 0 radical (unpaired) electrons. The van der Waals surface area contributed by atoms with Crippen molar-refractivity contribution in [2.75, 3.05) is 12.4 Å². The Morgan fingerprint density at radius 2 is 1.71 bits per heavy atom. The monoisotopic (exact) mass is 441 g/mol. The van der Waals surface area contributed by atoms with Crippen LogP contribution in [0.4, 0.5) is 5.69 Å². The van der Waals surface area contributed by atoms with E-state index in [1.54, 1.807) is 19.1 Å². The highest BCUT2D eigenvalue weighted by atomic mass is 35.5. The van der Waals surface area contributed by atoms with E-state index in [9.17, 15) is 13.2 Å². The summed E-state index contributed by atoms with van der Waals surface area (Å²) in [6, 6.07) is 9.19. The second kappa shape index (κ2) is 7.93. The molecule has 0 spiro atoms. The van der Waals surface area contributed by atoms with Gasteiger partial charge in [0.15, 0.2) is 14.6 Å². The van der Waals surface area contributed by atoms with Gasteiger partial charge in [-0.3, -0.25) is 4.79 Å². The summed E-state index contributed by atoms with van der Waals surface area (Å²) in [6.45, 7) is 1.80. The van der Waals surface area contributed by atoms with Crippen LogP contribution in [-0.4, -0.2) is 26.2 Å². The predicted octanol–water partition coefficient (Wildman–Crippen LogP) is 5.04. The number of anilines is 1. The van der Waals surface area contributed by atoms with Crippen molar-refractivity contribution >= 4 is 44.6 Å². The average Bonchev–Trinajstić information content (AvgIpc) is 3.16. The number of nitrogens with one attached hydrogen (secondary N) is 1. The zero-order valence-electron chi connectivity index (χ0n) is 15.6. The van der Waals surface area contributed by atoms with Crippen LogP contribution in [0.2, 0.25) is 10.0 Å². The molecule has 0 atom stereocenters. The van der Waals surface area contributed by atoms with Gasteiger partial charge in [-0.2, -0.15) is 0 Å². The van der Waals surface area contributed by atoms with Gasteiger partial charge in [-0.1, -0.05) is 36.0 Å². The smallest absolute Gasteiger partial charge is 0.246 e. The lowest BCUT2D eigenvalue weighted by molar-refractivity contribution is -0.118. The fourth-order valence-electron chi connectivity index (χ4n) is 3.57. The fourth-order valence-corrected chi connectivity index (χ4v) is 5.92. The standard InChI is InChI=1S/C20H21Cl2NO4S/c1-13-11-17(18(27-2)12-16(13)22)23-19(24)20(9-3-4-10-20)28(25,26)15-7-5-14(21)6-8-15/h5-8,11-12H,3-4,9-10H2,1-2H3,(H,23,24). The van der Waals surface area contributed by atoms with Crippen LogP contribution in [0.15, 0.2) is 41.3 Å². The van der Waals surface area contributed by atoms with Gasteiger partial charge in [0.05, 0.1) is 17.7 Å². The SMILES string of the molecule is COc1cc(Cl)c(C)cc1NC(=O)C1(S(=O)(=O)c2ccc(Cl)cc2)CCCC1. The number of carbonyl (C=O) groups excluding carboxylic acids is 1. The van der Waals surface area contributed by atoms with Crippen molar-refractivity contribution < 1.29 is 17.9 Å². The predicted molar refractivity (Wildman–Crippen MR) is 111 cm³/mol. The van der Waals surface area contributed by atoms with Crippen molar-refractivity contribution in [1.29, 1.82) is 0 Å². The van der Waals surface area contributed by atoms with Crippen LogP contribution in [0.3, 0.4) is 0 Å². The molecule has 3 rings (SSSR count). The quantitative estimate of drug-likeness (QED) is 0.705. The summed E-state index contributed by atoms with van der Waals surface area (Å²) in [7, 11) is -2.45. The van der Waals surface area contributed by atoms with Crippen LogP contribution >= 0.6 is 23.2 Å². The van der Waals surface area contributed by atoms with Gasteiger partial charge in [0.25, 0.3) is 0 Å². The number of sulfone groups is 1. The largest absolute Gasteiger partial charge is 0.495 e. The highest BCUT2D eigenvalue weighted by molar-refractivity contribution is 7.93. The van der Waals surface area contributed by atoms with Crippen LogP contribution in [0.25, 0.3) is 0 Å². The summed E-state index contributed by atoms with van der Waals surface area (Å²) in [5.41, 5.74) is 1.14. The zero-order valence-corrected chi connectivity index (χ0v) is 17.9. The Morgan fingerprint density at radius 3 is 2.29 bits per heavy atom. The van der Waals surface area contributed by atoms with E-state index in [-0.39, 0.29) is 17.7 Å². The third-order valence-corrected chi connectivity index (χ3v) is 8.37. The molecule has 1 saturated carbocycles. The van der Waals surface area contributed by atoms with E-state index in [4.69, 9.17) is 27.9 Å². The van der Waals surface area contributed by atoms with Crippen LogP contribution in [0.5, 0.6) is 5.75 Å². The van der Waals surface area contributed by atoms with Crippen molar-refractivity contribution in [1.82, 2.24) is 0 Å². The first-order valence-corrected chi connectivity index (χ1v) is 11.1. The molecule has 1 aliphatic rings. The Kier molecular flexibility index (Phi) is 5.94.